The Bertz CT molecular complexity index is 588. The first-order valence-corrected chi connectivity index (χ1v) is 6.76. The van der Waals surface area contributed by atoms with E-state index in [-0.39, 0.29) is 11.4 Å². The largest absolute Gasteiger partial charge is 0.326 e. The Labute approximate surface area is 115 Å². The summed E-state index contributed by atoms with van der Waals surface area (Å²) in [4.78, 5) is 0.879. The molecule has 2 N–H and O–H groups in total. The summed E-state index contributed by atoms with van der Waals surface area (Å²) < 4.78 is 27.8. The SMILES string of the molecule is Cc1ccc(C)c(Sc2c(F)cc(CN)cc2F)c1. The lowest BCUT2D eigenvalue weighted by Crippen LogP contribution is -1.99. The van der Waals surface area contributed by atoms with Crippen LogP contribution < -0.4 is 5.73 Å². The normalized spacial score (nSPS) is 10.8. The average Bonchev–Trinajstić information content (AvgIpc) is 2.37. The highest BCUT2D eigenvalue weighted by molar-refractivity contribution is 7.99. The molecule has 0 amide bonds. The van der Waals surface area contributed by atoms with Crippen molar-refractivity contribution in [3.63, 3.8) is 0 Å². The highest BCUT2D eigenvalue weighted by Crippen LogP contribution is 2.35. The van der Waals surface area contributed by atoms with Crippen LogP contribution in [0.3, 0.4) is 0 Å². The number of nitrogens with two attached hydrogens (primary N) is 1. The van der Waals surface area contributed by atoms with Gasteiger partial charge in [0, 0.05) is 11.4 Å². The fourth-order valence-corrected chi connectivity index (χ4v) is 2.76. The first-order chi connectivity index (χ1) is 9.01. The molecule has 1 nitrogen and oxygen atoms in total. The standard InChI is InChI=1S/C15H15F2NS/c1-9-3-4-10(2)14(5-9)19-15-12(16)6-11(8-18)7-13(15)17/h3-7H,8,18H2,1-2H3. The molecule has 0 aliphatic heterocycles. The Balaban J connectivity index is 2.41. The number of halogens is 2. The van der Waals surface area contributed by atoms with Gasteiger partial charge in [0.15, 0.2) is 0 Å². The molecule has 2 aromatic carbocycles. The molecule has 0 saturated heterocycles. The molecule has 0 fully saturated rings. The molecule has 100 valence electrons. The van der Waals surface area contributed by atoms with Crippen molar-refractivity contribution in [1.29, 1.82) is 0 Å². The van der Waals surface area contributed by atoms with Crippen LogP contribution in [-0.2, 0) is 6.54 Å². The molecule has 19 heavy (non-hydrogen) atoms. The summed E-state index contributed by atoms with van der Waals surface area (Å²) in [7, 11) is 0. The molecule has 0 aromatic heterocycles. The van der Waals surface area contributed by atoms with Gasteiger partial charge in [-0.05, 0) is 48.7 Å². The fraction of sp³-hybridized carbons (Fsp3) is 0.200. The first kappa shape index (κ1) is 14.0. The third kappa shape index (κ3) is 3.14. The number of aryl methyl sites for hydroxylation is 2. The minimum atomic E-state index is -0.564. The molecule has 0 radical (unpaired) electrons. The van der Waals surface area contributed by atoms with E-state index in [0.717, 1.165) is 27.8 Å². The Hall–Kier alpha value is -1.39. The van der Waals surface area contributed by atoms with Crippen molar-refractivity contribution in [3.05, 3.63) is 58.7 Å². The van der Waals surface area contributed by atoms with E-state index in [4.69, 9.17) is 5.73 Å². The van der Waals surface area contributed by atoms with E-state index < -0.39 is 11.6 Å². The first-order valence-electron chi connectivity index (χ1n) is 5.94. The fourth-order valence-electron chi connectivity index (χ4n) is 1.75. The monoisotopic (exact) mass is 279 g/mol. The summed E-state index contributed by atoms with van der Waals surface area (Å²) in [6, 6.07) is 8.42. The Kier molecular flexibility index (Phi) is 4.22. The maximum atomic E-state index is 13.9. The molecule has 2 aromatic rings. The van der Waals surface area contributed by atoms with E-state index in [0.29, 0.717) is 5.56 Å². The lowest BCUT2D eigenvalue weighted by Gasteiger charge is -2.09. The predicted octanol–water partition coefficient (Wildman–Crippen LogP) is 4.19. The number of rotatable bonds is 3. The summed E-state index contributed by atoms with van der Waals surface area (Å²) in [6.07, 6.45) is 0. The van der Waals surface area contributed by atoms with Crippen molar-refractivity contribution in [1.82, 2.24) is 0 Å². The smallest absolute Gasteiger partial charge is 0.140 e. The van der Waals surface area contributed by atoms with Gasteiger partial charge >= 0.3 is 0 Å². The van der Waals surface area contributed by atoms with Crippen LogP contribution in [0.4, 0.5) is 8.78 Å². The number of hydrogen-bond donors (Lipinski definition) is 1. The van der Waals surface area contributed by atoms with E-state index in [1.165, 1.54) is 12.1 Å². The summed E-state index contributed by atoms with van der Waals surface area (Å²) in [6.45, 7) is 4.00. The number of hydrogen-bond acceptors (Lipinski definition) is 2. The molecule has 0 spiro atoms. The van der Waals surface area contributed by atoms with E-state index in [9.17, 15) is 8.78 Å². The third-order valence-corrected chi connectivity index (χ3v) is 4.10. The zero-order chi connectivity index (χ0) is 14.0. The van der Waals surface area contributed by atoms with Crippen LogP contribution >= 0.6 is 11.8 Å². The maximum Gasteiger partial charge on any atom is 0.140 e. The van der Waals surface area contributed by atoms with Crippen LogP contribution in [0.5, 0.6) is 0 Å². The molecule has 0 atom stereocenters. The molecule has 0 aliphatic carbocycles. The van der Waals surface area contributed by atoms with Gasteiger partial charge in [-0.2, -0.15) is 0 Å². The highest BCUT2D eigenvalue weighted by Gasteiger charge is 2.13. The van der Waals surface area contributed by atoms with Gasteiger partial charge < -0.3 is 5.73 Å². The Morgan fingerprint density at radius 2 is 1.68 bits per heavy atom. The third-order valence-electron chi connectivity index (χ3n) is 2.85. The molecule has 2 rings (SSSR count). The molecule has 0 aliphatic rings. The summed E-state index contributed by atoms with van der Waals surface area (Å²) in [5.41, 5.74) is 7.91. The second-order valence-electron chi connectivity index (χ2n) is 4.46. The van der Waals surface area contributed by atoms with E-state index >= 15 is 0 Å². The van der Waals surface area contributed by atoms with Gasteiger partial charge in [-0.15, -0.1) is 0 Å². The van der Waals surface area contributed by atoms with Gasteiger partial charge in [0.05, 0.1) is 4.90 Å². The van der Waals surface area contributed by atoms with Gasteiger partial charge in [-0.3, -0.25) is 0 Å². The minimum absolute atomic E-state index is 0.0194. The predicted molar refractivity (Wildman–Crippen MR) is 74.3 cm³/mol. The van der Waals surface area contributed by atoms with Gasteiger partial charge in [0.1, 0.15) is 11.6 Å². The summed E-state index contributed by atoms with van der Waals surface area (Å²) in [5, 5.41) is 0. The van der Waals surface area contributed by atoms with Gasteiger partial charge in [-0.1, -0.05) is 23.9 Å². The molecular weight excluding hydrogens is 264 g/mol. The van der Waals surface area contributed by atoms with Crippen molar-refractivity contribution in [2.75, 3.05) is 0 Å². The average molecular weight is 279 g/mol. The summed E-state index contributed by atoms with van der Waals surface area (Å²) in [5.74, 6) is -1.13. The molecule has 0 heterocycles. The van der Waals surface area contributed by atoms with Crippen molar-refractivity contribution in [2.24, 2.45) is 5.73 Å². The molecule has 0 saturated carbocycles. The lowest BCUT2D eigenvalue weighted by atomic mass is 10.2. The van der Waals surface area contributed by atoms with Crippen molar-refractivity contribution >= 4 is 11.8 Å². The minimum Gasteiger partial charge on any atom is -0.326 e. The van der Waals surface area contributed by atoms with Gasteiger partial charge in [0.2, 0.25) is 0 Å². The van der Waals surface area contributed by atoms with Crippen LogP contribution in [0.25, 0.3) is 0 Å². The van der Waals surface area contributed by atoms with Crippen LogP contribution in [0, 0.1) is 25.5 Å². The van der Waals surface area contributed by atoms with Gasteiger partial charge in [0.25, 0.3) is 0 Å². The van der Waals surface area contributed by atoms with Crippen molar-refractivity contribution in [3.8, 4) is 0 Å². The Morgan fingerprint density at radius 1 is 1.05 bits per heavy atom. The van der Waals surface area contributed by atoms with Gasteiger partial charge in [-0.25, -0.2) is 8.78 Å². The molecule has 0 bridgehead atoms. The van der Waals surface area contributed by atoms with Crippen molar-refractivity contribution < 1.29 is 8.78 Å². The zero-order valence-corrected chi connectivity index (χ0v) is 11.7. The molecule has 0 unspecified atom stereocenters. The lowest BCUT2D eigenvalue weighted by molar-refractivity contribution is 0.537. The van der Waals surface area contributed by atoms with Crippen LogP contribution in [0.1, 0.15) is 16.7 Å². The van der Waals surface area contributed by atoms with Crippen LogP contribution in [-0.4, -0.2) is 0 Å². The highest BCUT2D eigenvalue weighted by atomic mass is 32.2. The number of benzene rings is 2. The van der Waals surface area contributed by atoms with E-state index in [1.807, 2.05) is 32.0 Å². The topological polar surface area (TPSA) is 26.0 Å². The van der Waals surface area contributed by atoms with Crippen LogP contribution in [0.15, 0.2) is 40.1 Å². The maximum absolute atomic E-state index is 13.9. The quantitative estimate of drug-likeness (QED) is 0.911. The van der Waals surface area contributed by atoms with Crippen molar-refractivity contribution in [2.45, 2.75) is 30.2 Å². The van der Waals surface area contributed by atoms with Crippen LogP contribution in [0.2, 0.25) is 0 Å². The zero-order valence-electron chi connectivity index (χ0n) is 10.8. The van der Waals surface area contributed by atoms with E-state index in [2.05, 4.69) is 0 Å². The molecular formula is C15H15F2NS. The summed E-state index contributed by atoms with van der Waals surface area (Å²) >= 11 is 1.11. The molecule has 4 heteroatoms. The second-order valence-corrected chi connectivity index (χ2v) is 5.52. The Morgan fingerprint density at radius 3 is 2.26 bits per heavy atom. The second kappa shape index (κ2) is 5.72. The van der Waals surface area contributed by atoms with E-state index in [1.54, 1.807) is 0 Å².